The molecular formula is C33H35FN2O5Si. The Kier molecular flexibility index (Phi) is 10.0. The summed E-state index contributed by atoms with van der Waals surface area (Å²) in [6.45, 7) is 6.91. The van der Waals surface area contributed by atoms with Gasteiger partial charge in [0, 0.05) is 6.07 Å². The van der Waals surface area contributed by atoms with Gasteiger partial charge in [-0.2, -0.15) is 4.39 Å². The summed E-state index contributed by atoms with van der Waals surface area (Å²) >= 11 is 0. The molecule has 0 aliphatic rings. The fourth-order valence-electron chi connectivity index (χ4n) is 5.11. The number of carbonyl (C=O) groups is 1. The summed E-state index contributed by atoms with van der Waals surface area (Å²) in [7, 11) is -2.95. The number of nitro groups is 1. The molecule has 42 heavy (non-hydrogen) atoms. The number of nitrogens with one attached hydrogen (secondary N) is 1. The van der Waals surface area contributed by atoms with Gasteiger partial charge in [0.25, 0.3) is 14.2 Å². The monoisotopic (exact) mass is 586 g/mol. The number of nitro benzene ring substituents is 1. The van der Waals surface area contributed by atoms with Gasteiger partial charge in [0.2, 0.25) is 5.82 Å². The first kappa shape index (κ1) is 30.8. The van der Waals surface area contributed by atoms with Gasteiger partial charge in [-0.1, -0.05) is 118 Å². The molecule has 218 valence electrons. The second-order valence-corrected chi connectivity index (χ2v) is 15.3. The number of nitrogens with zero attached hydrogens (tertiary/aromatic N) is 1. The normalized spacial score (nSPS) is 12.5. The molecule has 0 aliphatic heterocycles. The van der Waals surface area contributed by atoms with Crippen molar-refractivity contribution >= 4 is 30.3 Å². The zero-order chi connectivity index (χ0) is 30.2. The van der Waals surface area contributed by atoms with E-state index in [9.17, 15) is 19.3 Å². The fourth-order valence-corrected chi connectivity index (χ4v) is 9.72. The van der Waals surface area contributed by atoms with Crippen molar-refractivity contribution in [1.29, 1.82) is 0 Å². The van der Waals surface area contributed by atoms with Gasteiger partial charge in [-0.25, -0.2) is 0 Å². The summed E-state index contributed by atoms with van der Waals surface area (Å²) in [6, 6.07) is 32.6. The van der Waals surface area contributed by atoms with Gasteiger partial charge >= 0.3 is 5.69 Å². The number of hydrogen-bond donors (Lipinski definition) is 1. The Labute approximate surface area is 246 Å². The van der Waals surface area contributed by atoms with E-state index in [-0.39, 0.29) is 18.3 Å². The van der Waals surface area contributed by atoms with Crippen LogP contribution in [-0.2, 0) is 15.8 Å². The van der Waals surface area contributed by atoms with Crippen molar-refractivity contribution in [2.75, 3.05) is 13.2 Å². The molecule has 0 saturated carbocycles. The van der Waals surface area contributed by atoms with Crippen LogP contribution in [0.5, 0.6) is 0 Å². The van der Waals surface area contributed by atoms with Crippen LogP contribution in [0.25, 0.3) is 0 Å². The molecule has 0 unspecified atom stereocenters. The number of halogens is 1. The topological polar surface area (TPSA) is 90.7 Å². The lowest BCUT2D eigenvalue weighted by Crippen LogP contribution is -2.67. The van der Waals surface area contributed by atoms with Crippen LogP contribution in [0, 0.1) is 15.9 Å². The summed E-state index contributed by atoms with van der Waals surface area (Å²) in [5.41, 5.74) is -0.217. The third-order valence-corrected chi connectivity index (χ3v) is 12.1. The summed E-state index contributed by atoms with van der Waals surface area (Å²) in [5, 5.41) is 15.9. The van der Waals surface area contributed by atoms with Gasteiger partial charge in [0.15, 0.2) is 0 Å². The maximum Gasteiger partial charge on any atom is 0.305 e. The molecule has 0 fully saturated rings. The first-order chi connectivity index (χ1) is 20.1. The van der Waals surface area contributed by atoms with Crippen LogP contribution in [0.3, 0.4) is 0 Å². The van der Waals surface area contributed by atoms with Crippen molar-refractivity contribution in [2.24, 2.45) is 0 Å². The average Bonchev–Trinajstić information content (AvgIpc) is 2.98. The zero-order valence-electron chi connectivity index (χ0n) is 24.0. The van der Waals surface area contributed by atoms with Gasteiger partial charge in [-0.3, -0.25) is 14.9 Å². The Morgan fingerprint density at radius 3 is 1.93 bits per heavy atom. The highest BCUT2D eigenvalue weighted by Crippen LogP contribution is 2.36. The summed E-state index contributed by atoms with van der Waals surface area (Å²) in [5.74, 6) is -1.97. The first-order valence-corrected chi connectivity index (χ1v) is 15.6. The van der Waals surface area contributed by atoms with Crippen molar-refractivity contribution in [3.05, 3.63) is 136 Å². The molecule has 7 nitrogen and oxygen atoms in total. The number of amides is 1. The van der Waals surface area contributed by atoms with E-state index in [1.54, 1.807) is 0 Å². The van der Waals surface area contributed by atoms with Crippen LogP contribution < -0.4 is 15.7 Å². The molecule has 9 heteroatoms. The third-order valence-electron chi connectivity index (χ3n) is 7.10. The number of hydrogen-bond acceptors (Lipinski definition) is 5. The molecule has 4 aromatic carbocycles. The van der Waals surface area contributed by atoms with E-state index in [4.69, 9.17) is 9.16 Å². The van der Waals surface area contributed by atoms with Crippen molar-refractivity contribution in [1.82, 2.24) is 5.32 Å². The molecule has 1 atom stereocenters. The third kappa shape index (κ3) is 6.99. The van der Waals surface area contributed by atoms with E-state index >= 15 is 0 Å². The zero-order valence-corrected chi connectivity index (χ0v) is 25.0. The molecule has 0 spiro atoms. The van der Waals surface area contributed by atoms with Gasteiger partial charge < -0.3 is 14.5 Å². The van der Waals surface area contributed by atoms with Gasteiger partial charge in [0.05, 0.1) is 36.3 Å². The van der Waals surface area contributed by atoms with Crippen LogP contribution in [-0.4, -0.2) is 38.4 Å². The second kappa shape index (κ2) is 13.7. The van der Waals surface area contributed by atoms with Crippen molar-refractivity contribution in [2.45, 2.75) is 38.5 Å². The maximum absolute atomic E-state index is 14.9. The molecule has 4 aromatic rings. The molecule has 0 saturated heterocycles. The highest BCUT2D eigenvalue weighted by molar-refractivity contribution is 6.99. The van der Waals surface area contributed by atoms with E-state index in [1.165, 1.54) is 12.1 Å². The van der Waals surface area contributed by atoms with Crippen LogP contribution in [0.4, 0.5) is 10.1 Å². The second-order valence-electron chi connectivity index (χ2n) is 11.0. The van der Waals surface area contributed by atoms with Gasteiger partial charge in [-0.05, 0) is 27.0 Å². The molecule has 1 amide bonds. The van der Waals surface area contributed by atoms with Gasteiger partial charge in [-0.15, -0.1) is 0 Å². The van der Waals surface area contributed by atoms with Gasteiger partial charge in [0.1, 0.15) is 0 Å². The van der Waals surface area contributed by atoms with E-state index in [0.29, 0.717) is 6.61 Å². The minimum absolute atomic E-state index is 0.0738. The Balaban J connectivity index is 1.66. The molecule has 0 heterocycles. The Morgan fingerprint density at radius 1 is 0.857 bits per heavy atom. The SMILES string of the molecule is CC(C)(C)[Si](OC[C@H](COCc1ccccc1)NC(=O)c1cccc([N+](=O)[O-])c1F)(c1ccccc1)c1ccccc1. The number of rotatable bonds is 12. The Morgan fingerprint density at radius 2 is 1.40 bits per heavy atom. The van der Waals surface area contributed by atoms with E-state index < -0.39 is 42.3 Å². The minimum Gasteiger partial charge on any atom is -0.405 e. The number of ether oxygens (including phenoxy) is 1. The molecule has 0 radical (unpaired) electrons. The fraction of sp³-hybridized carbons (Fsp3) is 0.242. The molecule has 4 rings (SSSR count). The van der Waals surface area contributed by atoms with E-state index in [0.717, 1.165) is 22.0 Å². The molecule has 0 bridgehead atoms. The molecular weight excluding hydrogens is 551 g/mol. The number of benzene rings is 4. The Bertz CT molecular complexity index is 1440. The predicted octanol–water partition coefficient (Wildman–Crippen LogP) is 5.63. The van der Waals surface area contributed by atoms with Crippen LogP contribution in [0.1, 0.15) is 36.7 Å². The standard InChI is InChI=1S/C33H35FN2O5Si/c1-33(2,3)42(27-16-9-5-10-17-27,28-18-11-6-12-19-28)41-24-26(23-40-22-25-14-7-4-8-15-25)35-32(37)29-20-13-21-30(31(29)34)36(38)39/h4-21,26H,22-24H2,1-3H3,(H,35,37)/t26-/m0/s1. The summed E-state index contributed by atoms with van der Waals surface area (Å²) in [6.07, 6.45) is 0. The lowest BCUT2D eigenvalue weighted by atomic mass is 10.1. The smallest absolute Gasteiger partial charge is 0.305 e. The lowest BCUT2D eigenvalue weighted by Gasteiger charge is -2.43. The Hall–Kier alpha value is -4.18. The average molecular weight is 587 g/mol. The van der Waals surface area contributed by atoms with E-state index in [1.807, 2.05) is 66.7 Å². The lowest BCUT2D eigenvalue weighted by molar-refractivity contribution is -0.387. The van der Waals surface area contributed by atoms with E-state index in [2.05, 4.69) is 50.4 Å². The molecule has 1 N–H and O–H groups in total. The molecule has 0 aliphatic carbocycles. The number of carbonyl (C=O) groups excluding carboxylic acids is 1. The highest BCUT2D eigenvalue weighted by atomic mass is 28.4. The summed E-state index contributed by atoms with van der Waals surface area (Å²) in [4.78, 5) is 23.7. The highest BCUT2D eigenvalue weighted by Gasteiger charge is 2.50. The van der Waals surface area contributed by atoms with Crippen molar-refractivity contribution in [3.63, 3.8) is 0 Å². The largest absolute Gasteiger partial charge is 0.405 e. The van der Waals surface area contributed by atoms with Crippen LogP contribution >= 0.6 is 0 Å². The van der Waals surface area contributed by atoms with Crippen LogP contribution in [0.2, 0.25) is 5.04 Å². The predicted molar refractivity (Wildman–Crippen MR) is 164 cm³/mol. The minimum atomic E-state index is -2.95. The van der Waals surface area contributed by atoms with Crippen LogP contribution in [0.15, 0.2) is 109 Å². The van der Waals surface area contributed by atoms with Crippen molar-refractivity contribution < 1.29 is 23.3 Å². The molecule has 0 aromatic heterocycles. The summed E-state index contributed by atoms with van der Waals surface area (Å²) < 4.78 is 27.9. The first-order valence-electron chi connectivity index (χ1n) is 13.7. The quantitative estimate of drug-likeness (QED) is 0.132. The van der Waals surface area contributed by atoms with Crippen molar-refractivity contribution in [3.8, 4) is 0 Å². The maximum atomic E-state index is 14.9.